The smallest absolute Gasteiger partial charge is 0.408 e. The van der Waals surface area contributed by atoms with Gasteiger partial charge in [-0.1, -0.05) is 48.5 Å². The molecule has 0 heterocycles. The second kappa shape index (κ2) is 9.97. The van der Waals surface area contributed by atoms with Gasteiger partial charge < -0.3 is 20.5 Å². The van der Waals surface area contributed by atoms with Crippen LogP contribution in [0.1, 0.15) is 36.3 Å². The average molecular weight is 490 g/mol. The van der Waals surface area contributed by atoms with Gasteiger partial charge in [-0.3, -0.25) is 9.59 Å². The largest absolute Gasteiger partial charge is 0.481 e. The highest BCUT2D eigenvalue weighted by Crippen LogP contribution is 2.44. The van der Waals surface area contributed by atoms with Crippen molar-refractivity contribution in [3.63, 3.8) is 0 Å². The van der Waals surface area contributed by atoms with E-state index >= 15 is 0 Å². The Kier molecular flexibility index (Phi) is 7.00. The molecule has 2 aliphatic carbocycles. The van der Waals surface area contributed by atoms with Crippen LogP contribution in [0.5, 0.6) is 0 Å². The summed E-state index contributed by atoms with van der Waals surface area (Å²) < 4.78 is 45.6. The van der Waals surface area contributed by atoms with Gasteiger partial charge in [0.15, 0.2) is 0 Å². The van der Waals surface area contributed by atoms with Crippen molar-refractivity contribution in [2.45, 2.75) is 37.4 Å². The molecule has 186 valence electrons. The van der Waals surface area contributed by atoms with Gasteiger partial charge in [0.1, 0.15) is 12.6 Å². The minimum atomic E-state index is -4.77. The topological polar surface area (TPSA) is 105 Å². The van der Waals surface area contributed by atoms with Crippen molar-refractivity contribution in [3.8, 4) is 11.1 Å². The van der Waals surface area contributed by atoms with Crippen LogP contribution in [0.25, 0.3) is 11.1 Å². The lowest BCUT2D eigenvalue weighted by Crippen LogP contribution is -2.46. The van der Waals surface area contributed by atoms with E-state index in [2.05, 4.69) is 5.32 Å². The highest BCUT2D eigenvalue weighted by Gasteiger charge is 2.43. The van der Waals surface area contributed by atoms with Crippen LogP contribution >= 0.6 is 0 Å². The predicted molar refractivity (Wildman–Crippen MR) is 120 cm³/mol. The predicted octanol–water partition coefficient (Wildman–Crippen LogP) is 4.07. The Balaban J connectivity index is 1.29. The van der Waals surface area contributed by atoms with Crippen molar-refractivity contribution in [1.82, 2.24) is 10.6 Å². The summed E-state index contributed by atoms with van der Waals surface area (Å²) >= 11 is 0. The number of carbonyl (C=O) groups is 3. The molecule has 2 amide bonds. The number of carboxylic acids is 1. The fraction of sp³-hybridized carbons (Fsp3) is 0.400. The number of amides is 2. The van der Waals surface area contributed by atoms with Crippen molar-refractivity contribution in [2.24, 2.45) is 11.8 Å². The Hall–Kier alpha value is -3.56. The molecule has 0 aliphatic heterocycles. The molecule has 2 aromatic rings. The number of nitrogens with one attached hydrogen (secondary N) is 2. The van der Waals surface area contributed by atoms with Gasteiger partial charge in [0, 0.05) is 18.9 Å². The third-order valence-electron chi connectivity index (χ3n) is 6.49. The molecule has 7 nitrogen and oxygen atoms in total. The highest BCUT2D eigenvalue weighted by molar-refractivity contribution is 5.79. The van der Waals surface area contributed by atoms with Crippen LogP contribution in [0.15, 0.2) is 48.5 Å². The lowest BCUT2D eigenvalue weighted by atomic mass is 9.98. The van der Waals surface area contributed by atoms with Crippen LogP contribution in [0.2, 0.25) is 0 Å². The van der Waals surface area contributed by atoms with E-state index < -0.39 is 48.9 Å². The van der Waals surface area contributed by atoms with Gasteiger partial charge in [0.25, 0.3) is 0 Å². The molecular weight excluding hydrogens is 465 g/mol. The van der Waals surface area contributed by atoms with E-state index in [9.17, 15) is 27.6 Å². The first kappa shape index (κ1) is 24.6. The van der Waals surface area contributed by atoms with Gasteiger partial charge in [-0.15, -0.1) is 0 Å². The molecule has 1 fully saturated rings. The van der Waals surface area contributed by atoms with Crippen molar-refractivity contribution < 1.29 is 37.4 Å². The first-order chi connectivity index (χ1) is 16.6. The first-order valence-electron chi connectivity index (χ1n) is 11.3. The standard InChI is InChI=1S/C25H25F3N2O5/c26-25(27,28)21(9-10-22(31)29-12-14-11-19(14)23(32)33)30-24(34)35-13-20-17-7-3-1-5-15(17)16-6-2-4-8-18(16)20/h1-8,14,19-21H,9-13H2,(H,29,31)(H,30,34)(H,32,33)/t14-,19-,21+/m1/s1. The van der Waals surface area contributed by atoms with E-state index in [1.165, 1.54) is 0 Å². The molecule has 35 heavy (non-hydrogen) atoms. The second-order valence-electron chi connectivity index (χ2n) is 8.85. The number of alkyl halides is 3. The van der Waals surface area contributed by atoms with E-state index in [0.29, 0.717) is 6.42 Å². The summed E-state index contributed by atoms with van der Waals surface area (Å²) in [5.41, 5.74) is 3.87. The Labute approximate surface area is 199 Å². The summed E-state index contributed by atoms with van der Waals surface area (Å²) in [6.45, 7) is -0.0245. The minimum Gasteiger partial charge on any atom is -0.481 e. The Morgan fingerprint density at radius 2 is 1.63 bits per heavy atom. The second-order valence-corrected chi connectivity index (χ2v) is 8.85. The summed E-state index contributed by atoms with van der Waals surface area (Å²) in [5.74, 6) is -2.60. The SMILES string of the molecule is O=C(CC[C@H](NC(=O)OCC1c2ccccc2-c2ccccc21)C(F)(F)F)NC[C@H]1C[C@H]1C(=O)O. The van der Waals surface area contributed by atoms with Crippen LogP contribution in [0.4, 0.5) is 18.0 Å². The maximum Gasteiger partial charge on any atom is 0.408 e. The fourth-order valence-corrected chi connectivity index (χ4v) is 4.48. The molecule has 2 aliphatic rings. The fourth-order valence-electron chi connectivity index (χ4n) is 4.48. The van der Waals surface area contributed by atoms with Crippen molar-refractivity contribution in [2.75, 3.05) is 13.2 Å². The number of benzene rings is 2. The molecule has 0 radical (unpaired) electrons. The minimum absolute atomic E-state index is 0.103. The zero-order valence-electron chi connectivity index (χ0n) is 18.7. The zero-order chi connectivity index (χ0) is 25.2. The first-order valence-corrected chi connectivity index (χ1v) is 11.3. The van der Waals surface area contributed by atoms with Gasteiger partial charge in [0.05, 0.1) is 5.92 Å². The molecule has 4 rings (SSSR count). The van der Waals surface area contributed by atoms with Crippen LogP contribution < -0.4 is 10.6 Å². The highest BCUT2D eigenvalue weighted by atomic mass is 19.4. The van der Waals surface area contributed by atoms with Crippen LogP contribution in [0, 0.1) is 11.8 Å². The van der Waals surface area contributed by atoms with E-state index in [1.807, 2.05) is 53.8 Å². The molecule has 1 saturated carbocycles. The van der Waals surface area contributed by atoms with Crippen LogP contribution in [-0.2, 0) is 14.3 Å². The quantitative estimate of drug-likeness (QED) is 0.492. The number of fused-ring (bicyclic) bond motifs is 3. The molecule has 0 spiro atoms. The molecule has 0 bridgehead atoms. The lowest BCUT2D eigenvalue weighted by molar-refractivity contribution is -0.156. The summed E-state index contributed by atoms with van der Waals surface area (Å²) in [5, 5.41) is 13.2. The molecule has 3 atom stereocenters. The lowest BCUT2D eigenvalue weighted by Gasteiger charge is -2.22. The molecule has 0 unspecified atom stereocenters. The normalized spacial score (nSPS) is 19.3. The van der Waals surface area contributed by atoms with Gasteiger partial charge >= 0.3 is 18.2 Å². The number of hydrogen-bond acceptors (Lipinski definition) is 4. The van der Waals surface area contributed by atoms with E-state index in [4.69, 9.17) is 9.84 Å². The molecule has 0 aromatic heterocycles. The van der Waals surface area contributed by atoms with Crippen molar-refractivity contribution in [1.29, 1.82) is 0 Å². The van der Waals surface area contributed by atoms with E-state index in [1.54, 1.807) is 0 Å². The van der Waals surface area contributed by atoms with Gasteiger partial charge in [-0.2, -0.15) is 13.2 Å². The van der Waals surface area contributed by atoms with Crippen molar-refractivity contribution >= 4 is 18.0 Å². The molecule has 3 N–H and O–H groups in total. The zero-order valence-corrected chi connectivity index (χ0v) is 18.7. The van der Waals surface area contributed by atoms with Crippen LogP contribution in [-0.4, -0.2) is 48.4 Å². The number of carboxylic acid groups (broad SMARTS) is 1. The maximum absolute atomic E-state index is 13.5. The molecule has 10 heteroatoms. The molecule has 2 aromatic carbocycles. The summed E-state index contributed by atoms with van der Waals surface area (Å²) in [6, 6.07) is 12.9. The molecule has 0 saturated heterocycles. The number of hydrogen-bond donors (Lipinski definition) is 3. The van der Waals surface area contributed by atoms with Gasteiger partial charge in [-0.05, 0) is 41.0 Å². The van der Waals surface area contributed by atoms with Gasteiger partial charge in [0.2, 0.25) is 5.91 Å². The van der Waals surface area contributed by atoms with Crippen LogP contribution in [0.3, 0.4) is 0 Å². The number of alkyl carbamates (subject to hydrolysis) is 1. The third-order valence-corrected chi connectivity index (χ3v) is 6.49. The summed E-state index contributed by atoms with van der Waals surface area (Å²) in [6.07, 6.45) is -6.68. The number of ether oxygens (including phenoxy) is 1. The van der Waals surface area contributed by atoms with E-state index in [-0.39, 0.29) is 25.0 Å². The average Bonchev–Trinajstić information content (AvgIpc) is 3.54. The number of rotatable bonds is 9. The Morgan fingerprint density at radius 3 is 2.17 bits per heavy atom. The maximum atomic E-state index is 13.5. The number of aliphatic carboxylic acids is 1. The number of carbonyl (C=O) groups excluding carboxylic acids is 2. The number of halogens is 3. The van der Waals surface area contributed by atoms with Gasteiger partial charge in [-0.25, -0.2) is 4.79 Å². The third kappa shape index (κ3) is 5.75. The van der Waals surface area contributed by atoms with E-state index in [0.717, 1.165) is 22.3 Å². The Morgan fingerprint density at radius 1 is 1.03 bits per heavy atom. The summed E-state index contributed by atoms with van der Waals surface area (Å²) in [4.78, 5) is 35.0. The molecular formula is C25H25F3N2O5. The summed E-state index contributed by atoms with van der Waals surface area (Å²) in [7, 11) is 0. The van der Waals surface area contributed by atoms with Crippen molar-refractivity contribution in [3.05, 3.63) is 59.7 Å². The monoisotopic (exact) mass is 490 g/mol. The Bertz CT molecular complexity index is 1070.